The van der Waals surface area contributed by atoms with Gasteiger partial charge in [0.05, 0.1) is 6.10 Å². The number of benzene rings is 2. The maximum atomic E-state index is 12.5. The van der Waals surface area contributed by atoms with Gasteiger partial charge in [0.15, 0.2) is 0 Å². The van der Waals surface area contributed by atoms with Crippen LogP contribution in [0.4, 0.5) is 4.79 Å². The minimum Gasteiger partial charge on any atom is -0.449 e. The van der Waals surface area contributed by atoms with E-state index >= 15 is 0 Å². The van der Waals surface area contributed by atoms with E-state index in [-0.39, 0.29) is 24.2 Å². The Kier molecular flexibility index (Phi) is 4.16. The summed E-state index contributed by atoms with van der Waals surface area (Å²) in [5, 5.41) is 13.1. The predicted octanol–water partition coefficient (Wildman–Crippen LogP) is 4.07. The molecule has 0 saturated heterocycles. The summed E-state index contributed by atoms with van der Waals surface area (Å²) in [6, 6.07) is 16.9. The van der Waals surface area contributed by atoms with Crippen LogP contribution < -0.4 is 5.32 Å². The van der Waals surface area contributed by atoms with Gasteiger partial charge in [0, 0.05) is 12.0 Å². The van der Waals surface area contributed by atoms with Crippen LogP contribution in [-0.4, -0.2) is 30.0 Å². The third-order valence-corrected chi connectivity index (χ3v) is 6.77. The van der Waals surface area contributed by atoms with Crippen LogP contribution in [-0.2, 0) is 4.74 Å². The number of nitrogens with one attached hydrogen (secondary N) is 1. The fraction of sp³-hybridized carbons (Fsp3) is 0.435. The van der Waals surface area contributed by atoms with Gasteiger partial charge in [0.25, 0.3) is 0 Å². The average Bonchev–Trinajstić information content (AvgIpc) is 3.01. The molecule has 0 radical (unpaired) electrons. The van der Waals surface area contributed by atoms with Crippen molar-refractivity contribution in [2.45, 2.75) is 43.7 Å². The molecule has 0 spiro atoms. The number of carbonyl (C=O) groups excluding carboxylic acids is 1. The highest BCUT2D eigenvalue weighted by Gasteiger charge is 2.41. The molecule has 3 saturated carbocycles. The lowest BCUT2D eigenvalue weighted by Gasteiger charge is -2.45. The number of hydrogen-bond acceptors (Lipinski definition) is 3. The van der Waals surface area contributed by atoms with E-state index in [4.69, 9.17) is 4.74 Å². The minimum atomic E-state index is -0.330. The molecule has 4 nitrogen and oxygen atoms in total. The number of aliphatic hydroxyl groups excluding tert-OH is 1. The van der Waals surface area contributed by atoms with E-state index in [1.165, 1.54) is 22.3 Å². The second kappa shape index (κ2) is 6.68. The van der Waals surface area contributed by atoms with Crippen LogP contribution in [0.5, 0.6) is 0 Å². The SMILES string of the molecule is O=C(NC1CC2CCC1CC2O)OCC1c2ccccc2-c2ccccc21. The minimum absolute atomic E-state index is 0.0905. The summed E-state index contributed by atoms with van der Waals surface area (Å²) in [4.78, 5) is 12.5. The van der Waals surface area contributed by atoms with Gasteiger partial charge in [-0.25, -0.2) is 4.79 Å². The van der Waals surface area contributed by atoms with Gasteiger partial charge in [-0.3, -0.25) is 0 Å². The Labute approximate surface area is 159 Å². The van der Waals surface area contributed by atoms with Crippen molar-refractivity contribution in [2.75, 3.05) is 6.61 Å². The molecule has 3 fully saturated rings. The predicted molar refractivity (Wildman–Crippen MR) is 103 cm³/mol. The number of fused-ring (bicyclic) bond motifs is 6. The number of carbonyl (C=O) groups is 1. The zero-order valence-corrected chi connectivity index (χ0v) is 15.3. The Morgan fingerprint density at radius 3 is 2.19 bits per heavy atom. The highest BCUT2D eigenvalue weighted by molar-refractivity contribution is 5.79. The Morgan fingerprint density at radius 1 is 0.963 bits per heavy atom. The molecule has 2 aromatic carbocycles. The zero-order chi connectivity index (χ0) is 18.4. The van der Waals surface area contributed by atoms with E-state index in [9.17, 15) is 9.90 Å². The Bertz CT molecular complexity index is 819. The third-order valence-electron chi connectivity index (χ3n) is 6.77. The van der Waals surface area contributed by atoms with E-state index in [1.54, 1.807) is 0 Å². The molecule has 27 heavy (non-hydrogen) atoms. The summed E-state index contributed by atoms with van der Waals surface area (Å²) in [6.07, 6.45) is 3.33. The first kappa shape index (κ1) is 16.8. The molecular formula is C23H25NO3. The fourth-order valence-corrected chi connectivity index (χ4v) is 5.37. The average molecular weight is 363 g/mol. The third kappa shape index (κ3) is 2.92. The topological polar surface area (TPSA) is 58.6 Å². The van der Waals surface area contributed by atoms with Crippen molar-refractivity contribution in [2.24, 2.45) is 11.8 Å². The first-order chi connectivity index (χ1) is 13.2. The van der Waals surface area contributed by atoms with Gasteiger partial charge in [0.1, 0.15) is 6.61 Å². The highest BCUT2D eigenvalue weighted by atomic mass is 16.5. The van der Waals surface area contributed by atoms with Gasteiger partial charge < -0.3 is 15.2 Å². The van der Waals surface area contributed by atoms with Crippen molar-refractivity contribution in [3.8, 4) is 11.1 Å². The number of aliphatic hydroxyl groups is 1. The van der Waals surface area contributed by atoms with Crippen LogP contribution in [0.2, 0.25) is 0 Å². The molecule has 140 valence electrons. The van der Waals surface area contributed by atoms with Gasteiger partial charge in [-0.15, -0.1) is 0 Å². The standard InChI is InChI=1S/C23H25NO3/c25-22-12-14-9-10-15(22)11-21(14)24-23(26)27-13-20-18-7-3-1-5-16(18)17-6-2-4-8-19(17)20/h1-8,14-15,20-22,25H,9-13H2,(H,24,26). The molecule has 0 aromatic heterocycles. The van der Waals surface area contributed by atoms with E-state index in [1.807, 2.05) is 12.1 Å². The van der Waals surface area contributed by atoms with Gasteiger partial charge in [-0.1, -0.05) is 48.5 Å². The number of ether oxygens (including phenoxy) is 1. The van der Waals surface area contributed by atoms with Crippen LogP contribution >= 0.6 is 0 Å². The molecule has 4 heteroatoms. The molecule has 2 bridgehead atoms. The lowest BCUT2D eigenvalue weighted by atomic mass is 9.66. The Hall–Kier alpha value is -2.33. The molecular weight excluding hydrogens is 338 g/mol. The lowest BCUT2D eigenvalue weighted by molar-refractivity contribution is -0.0165. The largest absolute Gasteiger partial charge is 0.449 e. The molecule has 2 aromatic rings. The van der Waals surface area contributed by atoms with Crippen molar-refractivity contribution >= 4 is 6.09 Å². The van der Waals surface area contributed by atoms with Crippen LogP contribution in [0.3, 0.4) is 0 Å². The van der Waals surface area contributed by atoms with Crippen LogP contribution in [0.1, 0.15) is 42.7 Å². The fourth-order valence-electron chi connectivity index (χ4n) is 5.37. The maximum absolute atomic E-state index is 12.5. The van der Waals surface area contributed by atoms with Crippen molar-refractivity contribution in [1.29, 1.82) is 0 Å². The molecule has 4 atom stereocenters. The Balaban J connectivity index is 1.26. The van der Waals surface area contributed by atoms with Crippen molar-refractivity contribution in [3.05, 3.63) is 59.7 Å². The lowest BCUT2D eigenvalue weighted by Crippen LogP contribution is -2.51. The molecule has 0 heterocycles. The van der Waals surface area contributed by atoms with E-state index in [0.717, 1.165) is 25.7 Å². The Morgan fingerprint density at radius 2 is 1.59 bits per heavy atom. The quantitative estimate of drug-likeness (QED) is 0.864. The number of amides is 1. The van der Waals surface area contributed by atoms with Crippen molar-refractivity contribution in [3.63, 3.8) is 0 Å². The summed E-state index contributed by atoms with van der Waals surface area (Å²) in [6.45, 7) is 0.350. The van der Waals surface area contributed by atoms with Crippen LogP contribution in [0.15, 0.2) is 48.5 Å². The second-order valence-electron chi connectivity index (χ2n) is 8.21. The molecule has 6 rings (SSSR count). The first-order valence-electron chi connectivity index (χ1n) is 10.0. The molecule has 0 aliphatic heterocycles. The molecule has 4 aliphatic carbocycles. The second-order valence-corrected chi connectivity index (χ2v) is 8.21. The van der Waals surface area contributed by atoms with E-state index < -0.39 is 0 Å². The highest BCUT2D eigenvalue weighted by Crippen LogP contribution is 2.45. The van der Waals surface area contributed by atoms with Gasteiger partial charge in [-0.05, 0) is 59.8 Å². The number of hydrogen-bond donors (Lipinski definition) is 2. The van der Waals surface area contributed by atoms with E-state index in [2.05, 4.69) is 41.7 Å². The van der Waals surface area contributed by atoms with Gasteiger partial charge >= 0.3 is 6.09 Å². The summed E-state index contributed by atoms with van der Waals surface area (Å²) in [7, 11) is 0. The van der Waals surface area contributed by atoms with Crippen molar-refractivity contribution < 1.29 is 14.6 Å². The monoisotopic (exact) mass is 363 g/mol. The molecule has 4 unspecified atom stereocenters. The normalized spacial score (nSPS) is 28.5. The molecule has 2 N–H and O–H groups in total. The maximum Gasteiger partial charge on any atom is 0.407 e. The zero-order valence-electron chi connectivity index (χ0n) is 15.3. The molecule has 1 amide bonds. The molecule has 4 aliphatic rings. The number of rotatable bonds is 3. The van der Waals surface area contributed by atoms with Crippen molar-refractivity contribution in [1.82, 2.24) is 5.32 Å². The summed E-state index contributed by atoms with van der Waals surface area (Å²) in [5.41, 5.74) is 4.93. The first-order valence-corrected chi connectivity index (χ1v) is 10.0. The van der Waals surface area contributed by atoms with Crippen LogP contribution in [0.25, 0.3) is 11.1 Å². The number of alkyl carbamates (subject to hydrolysis) is 1. The van der Waals surface area contributed by atoms with Gasteiger partial charge in [0.2, 0.25) is 0 Å². The van der Waals surface area contributed by atoms with E-state index in [0.29, 0.717) is 18.4 Å². The van der Waals surface area contributed by atoms with Crippen LogP contribution in [0, 0.1) is 11.8 Å². The van der Waals surface area contributed by atoms with Gasteiger partial charge in [-0.2, -0.15) is 0 Å². The summed E-state index contributed by atoms with van der Waals surface area (Å²) >= 11 is 0. The summed E-state index contributed by atoms with van der Waals surface area (Å²) in [5.74, 6) is 0.798. The smallest absolute Gasteiger partial charge is 0.407 e. The summed E-state index contributed by atoms with van der Waals surface area (Å²) < 4.78 is 5.66.